The van der Waals surface area contributed by atoms with E-state index in [1.807, 2.05) is 4.90 Å². The second-order valence-electron chi connectivity index (χ2n) is 5.44. The molecule has 0 spiro atoms. The van der Waals surface area contributed by atoms with E-state index in [-0.39, 0.29) is 18.1 Å². The summed E-state index contributed by atoms with van der Waals surface area (Å²) in [4.78, 5) is 14.2. The Balaban J connectivity index is 1.88. The number of nitrogens with zero attached hydrogens (tertiary/aromatic N) is 1. The molecule has 0 aromatic heterocycles. The zero-order chi connectivity index (χ0) is 14.4. The van der Waals surface area contributed by atoms with Crippen molar-refractivity contribution >= 4 is 5.91 Å². The van der Waals surface area contributed by atoms with Gasteiger partial charge in [-0.05, 0) is 43.5 Å². The lowest BCUT2D eigenvalue weighted by atomic mass is 10.0. The molecule has 110 valence electrons. The first-order chi connectivity index (χ1) is 9.69. The Morgan fingerprint density at radius 2 is 2.35 bits per heavy atom. The second-order valence-corrected chi connectivity index (χ2v) is 5.44. The molecular formula is C16H23FN2O. The third-order valence-electron chi connectivity index (χ3n) is 3.70. The lowest BCUT2D eigenvalue weighted by Crippen LogP contribution is -2.48. The summed E-state index contributed by atoms with van der Waals surface area (Å²) in [6.07, 6.45) is 3.56. The number of nitrogens with one attached hydrogen (secondary N) is 1. The van der Waals surface area contributed by atoms with Crippen molar-refractivity contribution in [3.05, 3.63) is 35.6 Å². The van der Waals surface area contributed by atoms with E-state index < -0.39 is 0 Å². The molecule has 3 nitrogen and oxygen atoms in total. The fraction of sp³-hybridized carbons (Fsp3) is 0.562. The van der Waals surface area contributed by atoms with Gasteiger partial charge in [0, 0.05) is 19.1 Å². The van der Waals surface area contributed by atoms with Gasteiger partial charge in [0.05, 0.1) is 6.42 Å². The number of likely N-dealkylation sites (tertiary alicyclic amines) is 1. The van der Waals surface area contributed by atoms with Gasteiger partial charge in [-0.1, -0.05) is 19.1 Å². The third kappa shape index (κ3) is 4.30. The van der Waals surface area contributed by atoms with Gasteiger partial charge in [0.15, 0.2) is 0 Å². The van der Waals surface area contributed by atoms with Crippen molar-refractivity contribution in [2.75, 3.05) is 19.6 Å². The lowest BCUT2D eigenvalue weighted by Gasteiger charge is -2.33. The quantitative estimate of drug-likeness (QED) is 0.896. The maximum absolute atomic E-state index is 13.1. The Kier molecular flexibility index (Phi) is 5.53. The van der Waals surface area contributed by atoms with Crippen LogP contribution < -0.4 is 5.32 Å². The zero-order valence-corrected chi connectivity index (χ0v) is 12.1. The highest BCUT2D eigenvalue weighted by molar-refractivity contribution is 5.78. The Morgan fingerprint density at radius 1 is 1.50 bits per heavy atom. The minimum atomic E-state index is -0.281. The summed E-state index contributed by atoms with van der Waals surface area (Å²) in [5.41, 5.74) is 0.749. The highest BCUT2D eigenvalue weighted by Gasteiger charge is 2.23. The molecule has 0 saturated carbocycles. The number of hydrogen-bond acceptors (Lipinski definition) is 2. The maximum Gasteiger partial charge on any atom is 0.227 e. The van der Waals surface area contributed by atoms with E-state index in [1.54, 1.807) is 12.1 Å². The van der Waals surface area contributed by atoms with Crippen LogP contribution in [0.15, 0.2) is 24.3 Å². The summed E-state index contributed by atoms with van der Waals surface area (Å²) >= 11 is 0. The van der Waals surface area contributed by atoms with Crippen LogP contribution in [0, 0.1) is 5.82 Å². The molecule has 0 bridgehead atoms. The number of carbonyl (C=O) groups excluding carboxylic acids is 1. The van der Waals surface area contributed by atoms with Gasteiger partial charge in [0.2, 0.25) is 5.91 Å². The van der Waals surface area contributed by atoms with E-state index in [0.29, 0.717) is 6.04 Å². The minimum Gasteiger partial charge on any atom is -0.341 e. The van der Waals surface area contributed by atoms with Crippen LogP contribution in [0.2, 0.25) is 0 Å². The molecule has 1 aliphatic rings. The van der Waals surface area contributed by atoms with Gasteiger partial charge in [-0.15, -0.1) is 0 Å². The Labute approximate surface area is 120 Å². The molecular weight excluding hydrogens is 255 g/mol. The van der Waals surface area contributed by atoms with Gasteiger partial charge in [-0.3, -0.25) is 4.79 Å². The molecule has 1 heterocycles. The van der Waals surface area contributed by atoms with Crippen molar-refractivity contribution in [1.29, 1.82) is 0 Å². The fourth-order valence-electron chi connectivity index (χ4n) is 2.65. The summed E-state index contributed by atoms with van der Waals surface area (Å²) in [6.45, 7) is 4.73. The van der Waals surface area contributed by atoms with E-state index in [9.17, 15) is 9.18 Å². The van der Waals surface area contributed by atoms with E-state index in [4.69, 9.17) is 0 Å². The van der Waals surface area contributed by atoms with Crippen molar-refractivity contribution < 1.29 is 9.18 Å². The standard InChI is InChI=1S/C16H23FN2O/c1-2-8-18-15-7-4-9-19(12-15)16(20)11-13-5-3-6-14(17)10-13/h3,5-6,10,15,18H,2,4,7-9,11-12H2,1H3. The van der Waals surface area contributed by atoms with Crippen LogP contribution >= 0.6 is 0 Å². The zero-order valence-electron chi connectivity index (χ0n) is 12.1. The van der Waals surface area contributed by atoms with E-state index in [0.717, 1.165) is 44.5 Å². The van der Waals surface area contributed by atoms with Gasteiger partial charge in [0.25, 0.3) is 0 Å². The predicted molar refractivity (Wildman–Crippen MR) is 78.0 cm³/mol. The normalized spacial score (nSPS) is 19.1. The molecule has 4 heteroatoms. The van der Waals surface area contributed by atoms with Crippen molar-refractivity contribution in [1.82, 2.24) is 10.2 Å². The van der Waals surface area contributed by atoms with Crippen LogP contribution in [0.1, 0.15) is 31.7 Å². The van der Waals surface area contributed by atoms with Gasteiger partial charge in [-0.25, -0.2) is 4.39 Å². The molecule has 1 N–H and O–H groups in total. The molecule has 1 atom stereocenters. The number of rotatable bonds is 5. The van der Waals surface area contributed by atoms with Crippen molar-refractivity contribution in [3.63, 3.8) is 0 Å². The monoisotopic (exact) mass is 278 g/mol. The van der Waals surface area contributed by atoms with Gasteiger partial charge in [-0.2, -0.15) is 0 Å². The largest absolute Gasteiger partial charge is 0.341 e. The average Bonchev–Trinajstić information content (AvgIpc) is 2.45. The van der Waals surface area contributed by atoms with Crippen LogP contribution in [0.3, 0.4) is 0 Å². The average molecular weight is 278 g/mol. The Bertz CT molecular complexity index is 450. The molecule has 1 amide bonds. The molecule has 1 aromatic rings. The van der Waals surface area contributed by atoms with Gasteiger partial charge >= 0.3 is 0 Å². The molecule has 1 aromatic carbocycles. The van der Waals surface area contributed by atoms with Crippen molar-refractivity contribution in [2.24, 2.45) is 0 Å². The molecule has 1 saturated heterocycles. The Morgan fingerprint density at radius 3 is 3.10 bits per heavy atom. The molecule has 2 rings (SSSR count). The molecule has 0 aliphatic carbocycles. The van der Waals surface area contributed by atoms with Crippen molar-refractivity contribution in [2.45, 2.75) is 38.6 Å². The predicted octanol–water partition coefficient (Wildman–Crippen LogP) is 2.36. The van der Waals surface area contributed by atoms with Crippen LogP contribution in [0.4, 0.5) is 4.39 Å². The molecule has 1 unspecified atom stereocenters. The summed E-state index contributed by atoms with van der Waals surface area (Å²) in [5.74, 6) is -0.185. The van der Waals surface area contributed by atoms with Crippen LogP contribution in [0.5, 0.6) is 0 Å². The summed E-state index contributed by atoms with van der Waals surface area (Å²) in [6, 6.07) is 6.70. The van der Waals surface area contributed by atoms with E-state index in [1.165, 1.54) is 12.1 Å². The van der Waals surface area contributed by atoms with E-state index >= 15 is 0 Å². The highest BCUT2D eigenvalue weighted by Crippen LogP contribution is 2.13. The van der Waals surface area contributed by atoms with E-state index in [2.05, 4.69) is 12.2 Å². The van der Waals surface area contributed by atoms with Crippen molar-refractivity contribution in [3.8, 4) is 0 Å². The summed E-state index contributed by atoms with van der Waals surface area (Å²) in [7, 11) is 0. The smallest absolute Gasteiger partial charge is 0.227 e. The highest BCUT2D eigenvalue weighted by atomic mass is 19.1. The fourth-order valence-corrected chi connectivity index (χ4v) is 2.65. The number of piperidine rings is 1. The van der Waals surface area contributed by atoms with Crippen LogP contribution in [-0.4, -0.2) is 36.5 Å². The topological polar surface area (TPSA) is 32.3 Å². The number of amides is 1. The summed E-state index contributed by atoms with van der Waals surface area (Å²) < 4.78 is 13.1. The van der Waals surface area contributed by atoms with Gasteiger partial charge in [0.1, 0.15) is 5.82 Å². The van der Waals surface area contributed by atoms with Crippen LogP contribution in [0.25, 0.3) is 0 Å². The number of halogens is 1. The third-order valence-corrected chi connectivity index (χ3v) is 3.70. The first-order valence-electron chi connectivity index (χ1n) is 7.44. The van der Waals surface area contributed by atoms with Crippen LogP contribution in [-0.2, 0) is 11.2 Å². The SMILES string of the molecule is CCCNC1CCCN(C(=O)Cc2cccc(F)c2)C1. The number of benzene rings is 1. The maximum atomic E-state index is 13.1. The van der Waals surface area contributed by atoms with Gasteiger partial charge < -0.3 is 10.2 Å². The number of carbonyl (C=O) groups is 1. The molecule has 1 fully saturated rings. The molecule has 1 aliphatic heterocycles. The first kappa shape index (κ1) is 15.0. The minimum absolute atomic E-state index is 0.0959. The Hall–Kier alpha value is -1.42. The molecule has 0 radical (unpaired) electrons. The number of hydrogen-bond donors (Lipinski definition) is 1. The summed E-state index contributed by atoms with van der Waals surface area (Å²) in [5, 5.41) is 3.48. The lowest BCUT2D eigenvalue weighted by molar-refractivity contribution is -0.131. The first-order valence-corrected chi connectivity index (χ1v) is 7.44. The molecule has 20 heavy (non-hydrogen) atoms. The second kappa shape index (κ2) is 7.39.